The zero-order valence-corrected chi connectivity index (χ0v) is 14.7. The van der Waals surface area contributed by atoms with Crippen molar-refractivity contribution < 1.29 is 0 Å². The van der Waals surface area contributed by atoms with Crippen molar-refractivity contribution in [3.05, 3.63) is 24.8 Å². The van der Waals surface area contributed by atoms with E-state index in [1.165, 1.54) is 0 Å². The van der Waals surface area contributed by atoms with E-state index in [1.807, 2.05) is 42.7 Å². The third-order valence-electron chi connectivity index (χ3n) is 4.48. The number of piperazine rings is 1. The smallest absolute Gasteiger partial charge is 0.165 e. The first kappa shape index (κ1) is 15.6. The molecule has 9 heteroatoms. The van der Waals surface area contributed by atoms with E-state index in [4.69, 9.17) is 0 Å². The van der Waals surface area contributed by atoms with Gasteiger partial charge in [0.2, 0.25) is 0 Å². The predicted octanol–water partition coefficient (Wildman–Crippen LogP) is 0.546. The number of hydrogen-bond acceptors (Lipinski definition) is 8. The molecule has 0 radical (unpaired) electrons. The Morgan fingerprint density at radius 3 is 2.36 bits per heavy atom. The van der Waals surface area contributed by atoms with E-state index in [-0.39, 0.29) is 0 Å². The molecule has 0 saturated carbocycles. The van der Waals surface area contributed by atoms with Gasteiger partial charge in [-0.15, -0.1) is 10.2 Å². The van der Waals surface area contributed by atoms with E-state index >= 15 is 0 Å². The van der Waals surface area contributed by atoms with Crippen LogP contribution in [-0.2, 0) is 7.05 Å². The largest absolute Gasteiger partial charge is 0.361 e. The van der Waals surface area contributed by atoms with Crippen LogP contribution >= 0.6 is 0 Å². The van der Waals surface area contributed by atoms with E-state index in [0.29, 0.717) is 0 Å². The molecule has 0 aliphatic carbocycles. The molecule has 130 valence electrons. The Morgan fingerprint density at radius 2 is 1.68 bits per heavy atom. The van der Waals surface area contributed by atoms with Gasteiger partial charge in [-0.05, 0) is 12.1 Å². The number of aromatic nitrogens is 6. The maximum Gasteiger partial charge on any atom is 0.165 e. The minimum absolute atomic E-state index is 0.855. The molecule has 25 heavy (non-hydrogen) atoms. The van der Waals surface area contributed by atoms with Crippen LogP contribution < -0.4 is 14.7 Å². The zero-order valence-electron chi connectivity index (χ0n) is 14.7. The summed E-state index contributed by atoms with van der Waals surface area (Å²) < 4.78 is 1.92. The molecule has 0 atom stereocenters. The molecule has 4 heterocycles. The molecule has 1 fully saturated rings. The number of nitrogens with zero attached hydrogens (tertiary/aromatic N) is 9. The molecular formula is C16H21N9. The fraction of sp³-hybridized carbons (Fsp3) is 0.438. The third kappa shape index (κ3) is 2.81. The quantitative estimate of drug-likeness (QED) is 0.684. The minimum Gasteiger partial charge on any atom is -0.361 e. The van der Waals surface area contributed by atoms with Crippen LogP contribution in [0.1, 0.15) is 0 Å². The topological polar surface area (TPSA) is 79.1 Å². The highest BCUT2D eigenvalue weighted by Gasteiger charge is 2.22. The SMILES string of the molecule is CN(C)c1ccc(N2CCN(c3ncnc4c3ncn4C)CC2)nn1. The molecule has 0 spiro atoms. The van der Waals surface area contributed by atoms with Crippen molar-refractivity contribution in [1.29, 1.82) is 0 Å². The van der Waals surface area contributed by atoms with Crippen LogP contribution in [-0.4, -0.2) is 70.0 Å². The van der Waals surface area contributed by atoms with Crippen molar-refractivity contribution in [2.24, 2.45) is 7.05 Å². The van der Waals surface area contributed by atoms with Gasteiger partial charge in [-0.2, -0.15) is 0 Å². The maximum absolute atomic E-state index is 4.46. The van der Waals surface area contributed by atoms with Crippen molar-refractivity contribution in [1.82, 2.24) is 29.7 Å². The lowest BCUT2D eigenvalue weighted by molar-refractivity contribution is 0.639. The first-order valence-electron chi connectivity index (χ1n) is 8.26. The van der Waals surface area contributed by atoms with Gasteiger partial charge in [-0.1, -0.05) is 0 Å². The van der Waals surface area contributed by atoms with Crippen LogP contribution in [0.15, 0.2) is 24.8 Å². The van der Waals surface area contributed by atoms with E-state index < -0.39 is 0 Å². The highest BCUT2D eigenvalue weighted by Crippen LogP contribution is 2.23. The first-order valence-corrected chi connectivity index (χ1v) is 8.26. The molecule has 3 aromatic heterocycles. The summed E-state index contributed by atoms with van der Waals surface area (Å²) in [4.78, 5) is 19.7. The number of imidazole rings is 1. The lowest BCUT2D eigenvalue weighted by Crippen LogP contribution is -2.47. The van der Waals surface area contributed by atoms with Crippen molar-refractivity contribution in [3.8, 4) is 0 Å². The van der Waals surface area contributed by atoms with Crippen LogP contribution in [0, 0.1) is 0 Å². The summed E-state index contributed by atoms with van der Waals surface area (Å²) in [5.41, 5.74) is 1.71. The molecule has 1 aliphatic heterocycles. The van der Waals surface area contributed by atoms with Gasteiger partial charge in [0.25, 0.3) is 0 Å². The van der Waals surface area contributed by atoms with E-state index in [2.05, 4.69) is 34.9 Å². The molecule has 1 aliphatic rings. The molecule has 3 aromatic rings. The van der Waals surface area contributed by atoms with Crippen LogP contribution in [0.2, 0.25) is 0 Å². The van der Waals surface area contributed by atoms with Crippen LogP contribution in [0.3, 0.4) is 0 Å². The standard InChI is InChI=1S/C16H21N9/c1-22(2)12-4-5-13(21-20-12)24-6-8-25(9-7-24)16-14-15(17-10-18-16)23(3)11-19-14/h4-5,10-11H,6-9H2,1-3H3. The van der Waals surface area contributed by atoms with Crippen molar-refractivity contribution in [3.63, 3.8) is 0 Å². The second-order valence-electron chi connectivity index (χ2n) is 6.34. The highest BCUT2D eigenvalue weighted by atomic mass is 15.3. The number of fused-ring (bicyclic) bond motifs is 1. The molecular weight excluding hydrogens is 318 g/mol. The molecule has 0 unspecified atom stereocenters. The van der Waals surface area contributed by atoms with Gasteiger partial charge < -0.3 is 19.3 Å². The van der Waals surface area contributed by atoms with Gasteiger partial charge >= 0.3 is 0 Å². The molecule has 0 amide bonds. The highest BCUT2D eigenvalue weighted by molar-refractivity contribution is 5.83. The van der Waals surface area contributed by atoms with Crippen molar-refractivity contribution >= 4 is 28.6 Å². The van der Waals surface area contributed by atoms with E-state index in [1.54, 1.807) is 12.7 Å². The van der Waals surface area contributed by atoms with Crippen LogP contribution in [0.4, 0.5) is 17.5 Å². The Morgan fingerprint density at radius 1 is 0.920 bits per heavy atom. The lowest BCUT2D eigenvalue weighted by atomic mass is 10.3. The van der Waals surface area contributed by atoms with Crippen molar-refractivity contribution in [2.75, 3.05) is 55.0 Å². The summed E-state index contributed by atoms with van der Waals surface area (Å²) in [5.74, 6) is 2.68. The molecule has 0 N–H and O–H groups in total. The third-order valence-corrected chi connectivity index (χ3v) is 4.48. The summed E-state index contributed by atoms with van der Waals surface area (Å²) in [5, 5.41) is 8.61. The minimum atomic E-state index is 0.855. The summed E-state index contributed by atoms with van der Waals surface area (Å²) >= 11 is 0. The predicted molar refractivity (Wildman–Crippen MR) is 97.1 cm³/mol. The summed E-state index contributed by atoms with van der Waals surface area (Å²) in [7, 11) is 5.87. The van der Waals surface area contributed by atoms with Crippen LogP contribution in [0.5, 0.6) is 0 Å². The Bertz CT molecular complexity index is 863. The van der Waals surface area contributed by atoms with Gasteiger partial charge in [0.15, 0.2) is 28.6 Å². The van der Waals surface area contributed by atoms with Gasteiger partial charge in [-0.3, -0.25) is 0 Å². The molecule has 9 nitrogen and oxygen atoms in total. The zero-order chi connectivity index (χ0) is 17.4. The maximum atomic E-state index is 4.46. The number of hydrogen-bond donors (Lipinski definition) is 0. The first-order chi connectivity index (χ1) is 12.1. The normalized spacial score (nSPS) is 15.0. The summed E-state index contributed by atoms with van der Waals surface area (Å²) in [6.45, 7) is 3.46. The second-order valence-corrected chi connectivity index (χ2v) is 6.34. The number of aryl methyl sites for hydroxylation is 1. The molecule has 4 rings (SSSR count). The van der Waals surface area contributed by atoms with Gasteiger partial charge in [0.1, 0.15) is 6.33 Å². The lowest BCUT2D eigenvalue weighted by Gasteiger charge is -2.35. The van der Waals surface area contributed by atoms with E-state index in [0.717, 1.165) is 54.8 Å². The fourth-order valence-corrected chi connectivity index (χ4v) is 3.04. The summed E-state index contributed by atoms with van der Waals surface area (Å²) in [6.07, 6.45) is 3.39. The average Bonchev–Trinajstić information content (AvgIpc) is 3.03. The Hall–Kier alpha value is -2.97. The molecule has 0 bridgehead atoms. The van der Waals surface area contributed by atoms with Crippen molar-refractivity contribution in [2.45, 2.75) is 0 Å². The fourth-order valence-electron chi connectivity index (χ4n) is 3.04. The Labute approximate surface area is 145 Å². The number of rotatable bonds is 3. The molecule has 0 aromatic carbocycles. The Kier molecular flexibility index (Phi) is 3.83. The number of anilines is 3. The second kappa shape index (κ2) is 6.15. The van der Waals surface area contributed by atoms with Gasteiger partial charge in [0.05, 0.1) is 6.33 Å². The summed E-state index contributed by atoms with van der Waals surface area (Å²) in [6, 6.07) is 4.02. The van der Waals surface area contributed by atoms with Gasteiger partial charge in [-0.25, -0.2) is 15.0 Å². The van der Waals surface area contributed by atoms with E-state index in [9.17, 15) is 0 Å². The average molecular weight is 339 g/mol. The van der Waals surface area contributed by atoms with Gasteiger partial charge in [0, 0.05) is 47.3 Å². The Balaban J connectivity index is 1.49. The molecule has 1 saturated heterocycles. The monoisotopic (exact) mass is 339 g/mol. The van der Waals surface area contributed by atoms with Crippen LogP contribution in [0.25, 0.3) is 11.2 Å².